The van der Waals surface area contributed by atoms with Gasteiger partial charge in [0.1, 0.15) is 0 Å². The summed E-state index contributed by atoms with van der Waals surface area (Å²) >= 11 is 11.8. The van der Waals surface area contributed by atoms with E-state index < -0.39 is 16.7 Å². The molecule has 3 aromatic carbocycles. The first-order chi connectivity index (χ1) is 17.3. The van der Waals surface area contributed by atoms with Gasteiger partial charge in [-0.2, -0.15) is 5.10 Å². The molecule has 0 fully saturated rings. The van der Waals surface area contributed by atoms with Crippen LogP contribution >= 0.6 is 23.2 Å². The third kappa shape index (κ3) is 7.42. The molecule has 0 bridgehead atoms. The van der Waals surface area contributed by atoms with Crippen molar-refractivity contribution in [2.45, 2.75) is 6.92 Å². The van der Waals surface area contributed by atoms with Gasteiger partial charge in [-0.05, 0) is 55.0 Å². The van der Waals surface area contributed by atoms with Crippen LogP contribution in [-0.2, 0) is 4.79 Å². The zero-order valence-electron chi connectivity index (χ0n) is 18.9. The van der Waals surface area contributed by atoms with Crippen molar-refractivity contribution < 1.29 is 24.0 Å². The maximum atomic E-state index is 12.2. The van der Waals surface area contributed by atoms with Crippen LogP contribution in [-0.4, -0.2) is 36.2 Å². The summed E-state index contributed by atoms with van der Waals surface area (Å²) in [7, 11) is 0. The molecule has 186 valence electrons. The Morgan fingerprint density at radius 3 is 2.56 bits per heavy atom. The summed E-state index contributed by atoms with van der Waals surface area (Å²) in [5.41, 5.74) is 3.26. The van der Waals surface area contributed by atoms with Gasteiger partial charge in [0.25, 0.3) is 17.5 Å². The van der Waals surface area contributed by atoms with Crippen LogP contribution in [0, 0.1) is 10.1 Å². The minimum atomic E-state index is -0.604. The van der Waals surface area contributed by atoms with E-state index in [9.17, 15) is 19.7 Å². The summed E-state index contributed by atoms with van der Waals surface area (Å²) in [6.07, 6.45) is 1.37. The Hall–Kier alpha value is -4.15. The minimum Gasteiger partial charge on any atom is -0.490 e. The van der Waals surface area contributed by atoms with Crippen LogP contribution in [0.5, 0.6) is 11.5 Å². The van der Waals surface area contributed by atoms with E-state index >= 15 is 0 Å². The molecule has 12 heteroatoms. The van der Waals surface area contributed by atoms with Crippen LogP contribution in [0.3, 0.4) is 0 Å². The number of halogens is 2. The van der Waals surface area contributed by atoms with E-state index in [4.69, 9.17) is 32.7 Å². The molecule has 0 aliphatic heterocycles. The number of hydrazone groups is 1. The zero-order chi connectivity index (χ0) is 26.1. The lowest BCUT2D eigenvalue weighted by Gasteiger charge is -2.13. The molecule has 10 nitrogen and oxygen atoms in total. The average Bonchev–Trinajstić information content (AvgIpc) is 2.86. The summed E-state index contributed by atoms with van der Waals surface area (Å²) in [6, 6.07) is 14.9. The Morgan fingerprint density at radius 1 is 1.03 bits per heavy atom. The van der Waals surface area contributed by atoms with Crippen LogP contribution in [0.25, 0.3) is 0 Å². The second-order valence-electron chi connectivity index (χ2n) is 7.11. The summed E-state index contributed by atoms with van der Waals surface area (Å²) < 4.78 is 11.2. The first-order valence-corrected chi connectivity index (χ1v) is 11.2. The van der Waals surface area contributed by atoms with Gasteiger partial charge in [-0.15, -0.1) is 0 Å². The second-order valence-corrected chi connectivity index (χ2v) is 7.93. The second kappa shape index (κ2) is 12.5. The Labute approximate surface area is 216 Å². The van der Waals surface area contributed by atoms with Gasteiger partial charge >= 0.3 is 0 Å². The van der Waals surface area contributed by atoms with E-state index in [1.807, 2.05) is 0 Å². The first-order valence-electron chi connectivity index (χ1n) is 10.5. The number of amides is 2. The number of anilines is 1. The molecular formula is C24H20Cl2N4O6. The third-order valence-electron chi connectivity index (χ3n) is 4.53. The first kappa shape index (κ1) is 26.5. The fourth-order valence-electron chi connectivity index (χ4n) is 2.90. The lowest BCUT2D eigenvalue weighted by molar-refractivity contribution is -0.384. The molecule has 36 heavy (non-hydrogen) atoms. The number of hydrogen-bond acceptors (Lipinski definition) is 7. The number of nitro benzene ring substituents is 1. The summed E-state index contributed by atoms with van der Waals surface area (Å²) in [6.45, 7) is 1.85. The third-order valence-corrected chi connectivity index (χ3v) is 5.27. The predicted octanol–water partition coefficient (Wildman–Crippen LogP) is 5.08. The van der Waals surface area contributed by atoms with Gasteiger partial charge in [-0.25, -0.2) is 5.43 Å². The van der Waals surface area contributed by atoms with Crippen LogP contribution in [0.15, 0.2) is 65.8 Å². The smallest absolute Gasteiger partial charge is 0.271 e. The Balaban J connectivity index is 1.61. The SMILES string of the molecule is CCOc1cc(/C=N/NC(=O)c2cccc([N+](=O)[O-])c2)ccc1OCC(=O)Nc1ccc(Cl)c(Cl)c1. The highest BCUT2D eigenvalue weighted by Crippen LogP contribution is 2.28. The molecule has 2 amide bonds. The molecule has 3 rings (SSSR count). The number of carbonyl (C=O) groups is 2. The molecule has 0 spiro atoms. The molecule has 0 aromatic heterocycles. The number of nitrogens with one attached hydrogen (secondary N) is 2. The van der Waals surface area contributed by atoms with E-state index in [0.29, 0.717) is 39.4 Å². The minimum absolute atomic E-state index is 0.0965. The van der Waals surface area contributed by atoms with E-state index in [1.54, 1.807) is 37.3 Å². The Kier molecular flexibility index (Phi) is 9.20. The molecular weight excluding hydrogens is 511 g/mol. The predicted molar refractivity (Wildman–Crippen MR) is 136 cm³/mol. The number of ether oxygens (including phenoxy) is 2. The van der Waals surface area contributed by atoms with Crippen LogP contribution in [0.4, 0.5) is 11.4 Å². The van der Waals surface area contributed by atoms with Crippen molar-refractivity contribution in [1.29, 1.82) is 0 Å². The molecule has 0 aliphatic carbocycles. The average molecular weight is 531 g/mol. The normalized spacial score (nSPS) is 10.6. The molecule has 3 aromatic rings. The quantitative estimate of drug-likeness (QED) is 0.213. The van der Waals surface area contributed by atoms with Gasteiger partial charge in [0.05, 0.1) is 27.8 Å². The highest BCUT2D eigenvalue weighted by molar-refractivity contribution is 6.42. The monoisotopic (exact) mass is 530 g/mol. The lowest BCUT2D eigenvalue weighted by Crippen LogP contribution is -2.20. The number of benzene rings is 3. The van der Waals surface area contributed by atoms with Crippen LogP contribution in [0.2, 0.25) is 10.0 Å². The molecule has 0 saturated carbocycles. The number of non-ortho nitro benzene ring substituents is 1. The highest BCUT2D eigenvalue weighted by atomic mass is 35.5. The zero-order valence-corrected chi connectivity index (χ0v) is 20.4. The molecule has 0 aliphatic rings. The van der Waals surface area contributed by atoms with E-state index in [0.717, 1.165) is 6.07 Å². The molecule has 0 saturated heterocycles. The number of nitrogens with zero attached hydrogens (tertiary/aromatic N) is 2. The van der Waals surface area contributed by atoms with Crippen molar-refractivity contribution in [1.82, 2.24) is 5.43 Å². The van der Waals surface area contributed by atoms with Gasteiger partial charge in [0.2, 0.25) is 0 Å². The van der Waals surface area contributed by atoms with Crippen molar-refractivity contribution >= 4 is 52.6 Å². The molecule has 0 heterocycles. The summed E-state index contributed by atoms with van der Waals surface area (Å²) in [5.74, 6) is -0.314. The lowest BCUT2D eigenvalue weighted by atomic mass is 10.2. The van der Waals surface area contributed by atoms with Crippen molar-refractivity contribution in [2.75, 3.05) is 18.5 Å². The summed E-state index contributed by atoms with van der Waals surface area (Å²) in [5, 5.41) is 18.1. The van der Waals surface area contributed by atoms with Crippen molar-refractivity contribution in [2.24, 2.45) is 5.10 Å². The highest BCUT2D eigenvalue weighted by Gasteiger charge is 2.12. The van der Waals surface area contributed by atoms with Crippen LogP contribution < -0.4 is 20.2 Å². The van der Waals surface area contributed by atoms with E-state index in [-0.39, 0.29) is 17.9 Å². The topological polar surface area (TPSA) is 132 Å². The van der Waals surface area contributed by atoms with Gasteiger partial charge in [-0.3, -0.25) is 19.7 Å². The van der Waals surface area contributed by atoms with Gasteiger partial charge < -0.3 is 14.8 Å². The van der Waals surface area contributed by atoms with Gasteiger partial charge in [0.15, 0.2) is 18.1 Å². The maximum Gasteiger partial charge on any atom is 0.271 e. The van der Waals surface area contributed by atoms with Crippen molar-refractivity contribution in [3.8, 4) is 11.5 Å². The molecule has 0 radical (unpaired) electrons. The number of nitro groups is 1. The van der Waals surface area contributed by atoms with Crippen LogP contribution in [0.1, 0.15) is 22.8 Å². The number of rotatable bonds is 10. The maximum absolute atomic E-state index is 12.2. The van der Waals surface area contributed by atoms with Gasteiger partial charge in [-0.1, -0.05) is 29.3 Å². The van der Waals surface area contributed by atoms with Crippen molar-refractivity contribution in [3.05, 3.63) is 92.0 Å². The Bertz CT molecular complexity index is 1320. The molecule has 0 unspecified atom stereocenters. The van der Waals surface area contributed by atoms with E-state index in [1.165, 1.54) is 30.5 Å². The van der Waals surface area contributed by atoms with Crippen molar-refractivity contribution in [3.63, 3.8) is 0 Å². The fraction of sp³-hybridized carbons (Fsp3) is 0.125. The van der Waals surface area contributed by atoms with Gasteiger partial charge in [0, 0.05) is 23.4 Å². The molecule has 0 atom stereocenters. The largest absolute Gasteiger partial charge is 0.490 e. The fourth-order valence-corrected chi connectivity index (χ4v) is 3.20. The number of hydrogen-bond donors (Lipinski definition) is 2. The molecule has 2 N–H and O–H groups in total. The Morgan fingerprint density at radius 2 is 1.83 bits per heavy atom. The summed E-state index contributed by atoms with van der Waals surface area (Å²) in [4.78, 5) is 34.7. The standard InChI is InChI=1S/C24H20Cl2N4O6/c1-2-35-22-10-15(13-27-29-24(32)16-4-3-5-18(11-16)30(33)34)6-9-21(22)36-14-23(31)28-17-7-8-19(25)20(26)12-17/h3-13H,2,14H2,1H3,(H,28,31)(H,29,32)/b27-13+. The number of carbonyl (C=O) groups excluding carboxylic acids is 2. The van der Waals surface area contributed by atoms with E-state index in [2.05, 4.69) is 15.8 Å².